The third-order valence-electron chi connectivity index (χ3n) is 4.23. The number of carbonyl (C=O) groups excluding carboxylic acids is 1. The molecule has 0 fully saturated rings. The van der Waals surface area contributed by atoms with Crippen LogP contribution in [-0.2, 0) is 17.8 Å². The highest BCUT2D eigenvalue weighted by molar-refractivity contribution is 5.76. The molecule has 0 radical (unpaired) electrons. The zero-order valence-electron chi connectivity index (χ0n) is 15.6. The van der Waals surface area contributed by atoms with E-state index in [0.29, 0.717) is 19.5 Å². The number of nitrogens with zero attached hydrogens (tertiary/aromatic N) is 3. The number of H-pyrrole nitrogens is 1. The molecule has 25 heavy (non-hydrogen) atoms. The maximum atomic E-state index is 12.7. The van der Waals surface area contributed by atoms with E-state index < -0.39 is 0 Å². The van der Waals surface area contributed by atoms with E-state index in [1.54, 1.807) is 13.4 Å². The van der Waals surface area contributed by atoms with Crippen molar-refractivity contribution in [2.75, 3.05) is 34.3 Å². The lowest BCUT2D eigenvalue weighted by molar-refractivity contribution is -0.132. The zero-order valence-corrected chi connectivity index (χ0v) is 15.6. The number of methoxy groups -OCH3 is 1. The van der Waals surface area contributed by atoms with Gasteiger partial charge in [0.15, 0.2) is 0 Å². The molecule has 1 aromatic carbocycles. The van der Waals surface area contributed by atoms with Gasteiger partial charge in [0.25, 0.3) is 0 Å². The lowest BCUT2D eigenvalue weighted by Crippen LogP contribution is -2.36. The number of aromatic amines is 1. The average molecular weight is 344 g/mol. The van der Waals surface area contributed by atoms with Crippen molar-refractivity contribution in [3.63, 3.8) is 0 Å². The molecule has 0 saturated heterocycles. The second-order valence-corrected chi connectivity index (χ2v) is 6.44. The van der Waals surface area contributed by atoms with Gasteiger partial charge in [-0.2, -0.15) is 0 Å². The Balaban J connectivity index is 1.96. The molecule has 0 bridgehead atoms. The van der Waals surface area contributed by atoms with E-state index >= 15 is 0 Å². The van der Waals surface area contributed by atoms with Crippen LogP contribution in [0.5, 0.6) is 5.75 Å². The topological polar surface area (TPSA) is 61.5 Å². The summed E-state index contributed by atoms with van der Waals surface area (Å²) in [6.07, 6.45) is 2.89. The number of ether oxygens (including phenoxy) is 1. The zero-order chi connectivity index (χ0) is 18.2. The minimum absolute atomic E-state index is 0.153. The minimum atomic E-state index is 0.153. The van der Waals surface area contributed by atoms with Crippen LogP contribution in [0.1, 0.15) is 23.4 Å². The fraction of sp³-hybridized carbons (Fsp3) is 0.474. The van der Waals surface area contributed by atoms with Crippen LogP contribution in [0.4, 0.5) is 0 Å². The van der Waals surface area contributed by atoms with Crippen molar-refractivity contribution in [1.82, 2.24) is 19.8 Å². The molecule has 0 aliphatic heterocycles. The van der Waals surface area contributed by atoms with E-state index in [2.05, 4.69) is 14.9 Å². The number of hydrogen-bond donors (Lipinski definition) is 1. The van der Waals surface area contributed by atoms with Crippen LogP contribution < -0.4 is 4.74 Å². The monoisotopic (exact) mass is 344 g/mol. The first-order valence-electron chi connectivity index (χ1n) is 8.54. The van der Waals surface area contributed by atoms with Crippen molar-refractivity contribution in [2.24, 2.45) is 0 Å². The highest BCUT2D eigenvalue weighted by Crippen LogP contribution is 2.14. The van der Waals surface area contributed by atoms with Gasteiger partial charge in [-0.05, 0) is 45.1 Å². The summed E-state index contributed by atoms with van der Waals surface area (Å²) in [5.41, 5.74) is 3.08. The van der Waals surface area contributed by atoms with Crippen LogP contribution in [0.25, 0.3) is 0 Å². The van der Waals surface area contributed by atoms with Gasteiger partial charge in [-0.15, -0.1) is 0 Å². The van der Waals surface area contributed by atoms with Crippen molar-refractivity contribution in [3.8, 4) is 5.75 Å². The molecule has 136 valence electrons. The molecule has 0 atom stereocenters. The van der Waals surface area contributed by atoms with E-state index in [4.69, 9.17) is 4.74 Å². The van der Waals surface area contributed by atoms with Gasteiger partial charge in [-0.3, -0.25) is 4.79 Å². The minimum Gasteiger partial charge on any atom is -0.497 e. The molecule has 1 amide bonds. The Kier molecular flexibility index (Phi) is 7.01. The van der Waals surface area contributed by atoms with E-state index in [0.717, 1.165) is 35.7 Å². The first-order valence-corrected chi connectivity index (χ1v) is 8.54. The summed E-state index contributed by atoms with van der Waals surface area (Å²) in [7, 11) is 5.68. The van der Waals surface area contributed by atoms with Gasteiger partial charge in [-0.25, -0.2) is 4.98 Å². The molecule has 6 heteroatoms. The largest absolute Gasteiger partial charge is 0.497 e. The Bertz CT molecular complexity index is 664. The molecule has 2 aromatic rings. The number of imidazole rings is 1. The van der Waals surface area contributed by atoms with Crippen LogP contribution in [0.15, 0.2) is 30.6 Å². The Hall–Kier alpha value is -2.34. The second kappa shape index (κ2) is 9.22. The molecule has 1 N–H and O–H groups in total. The van der Waals surface area contributed by atoms with Crippen LogP contribution in [-0.4, -0.2) is 60.0 Å². The van der Waals surface area contributed by atoms with E-state index in [-0.39, 0.29) is 5.91 Å². The number of nitrogens with one attached hydrogen (secondary N) is 1. The molecule has 0 aliphatic rings. The summed E-state index contributed by atoms with van der Waals surface area (Å²) in [5, 5.41) is 0. The van der Waals surface area contributed by atoms with Crippen molar-refractivity contribution in [2.45, 2.75) is 26.3 Å². The van der Waals surface area contributed by atoms with Crippen molar-refractivity contribution in [1.29, 1.82) is 0 Å². The molecule has 2 rings (SSSR count). The number of rotatable bonds is 9. The maximum Gasteiger partial charge on any atom is 0.223 e. The van der Waals surface area contributed by atoms with Gasteiger partial charge in [-0.1, -0.05) is 12.1 Å². The smallest absolute Gasteiger partial charge is 0.223 e. The van der Waals surface area contributed by atoms with E-state index in [1.165, 1.54) is 0 Å². The van der Waals surface area contributed by atoms with E-state index in [1.807, 2.05) is 50.2 Å². The fourth-order valence-electron chi connectivity index (χ4n) is 2.54. The summed E-state index contributed by atoms with van der Waals surface area (Å²) in [6.45, 7) is 4.05. The summed E-state index contributed by atoms with van der Waals surface area (Å²) in [6, 6.07) is 7.87. The fourth-order valence-corrected chi connectivity index (χ4v) is 2.54. The molecular weight excluding hydrogens is 316 g/mol. The molecule has 1 heterocycles. The molecule has 0 unspecified atom stereocenters. The van der Waals surface area contributed by atoms with Crippen LogP contribution >= 0.6 is 0 Å². The first kappa shape index (κ1) is 19.0. The van der Waals surface area contributed by atoms with Gasteiger partial charge >= 0.3 is 0 Å². The number of likely N-dealkylation sites (N-methyl/N-ethyl adjacent to an activating group) is 1. The van der Waals surface area contributed by atoms with Crippen molar-refractivity contribution in [3.05, 3.63) is 47.5 Å². The van der Waals surface area contributed by atoms with Crippen LogP contribution in [0, 0.1) is 6.92 Å². The standard InChI is InChI=1S/C19H28N4O2/c1-15-18(21-14-20-15)13-23(12-11-22(2)3)19(24)10-7-16-5-8-17(25-4)9-6-16/h5-6,8-9,14H,7,10-13H2,1-4H3,(H,20,21). The van der Waals surface area contributed by atoms with Crippen LogP contribution in [0.2, 0.25) is 0 Å². The summed E-state index contributed by atoms with van der Waals surface area (Å²) < 4.78 is 5.17. The number of benzene rings is 1. The number of hydrogen-bond acceptors (Lipinski definition) is 4. The Morgan fingerprint density at radius 3 is 2.48 bits per heavy atom. The van der Waals surface area contributed by atoms with Crippen molar-refractivity contribution >= 4 is 5.91 Å². The first-order chi connectivity index (χ1) is 12.0. The average Bonchev–Trinajstić information content (AvgIpc) is 3.01. The number of carbonyl (C=O) groups is 1. The maximum absolute atomic E-state index is 12.7. The Labute approximate surface area is 149 Å². The quantitative estimate of drug-likeness (QED) is 0.758. The third-order valence-corrected chi connectivity index (χ3v) is 4.23. The highest BCUT2D eigenvalue weighted by Gasteiger charge is 2.16. The third kappa shape index (κ3) is 5.90. The summed E-state index contributed by atoms with van der Waals surface area (Å²) >= 11 is 0. The highest BCUT2D eigenvalue weighted by atomic mass is 16.5. The summed E-state index contributed by atoms with van der Waals surface area (Å²) in [5.74, 6) is 0.983. The molecule has 0 saturated carbocycles. The van der Waals surface area contributed by atoms with Gasteiger partial charge in [0.05, 0.1) is 25.7 Å². The molecule has 6 nitrogen and oxygen atoms in total. The molecule has 0 aliphatic carbocycles. The molecule has 1 aromatic heterocycles. The van der Waals surface area contributed by atoms with Crippen molar-refractivity contribution < 1.29 is 9.53 Å². The molecular formula is C19H28N4O2. The SMILES string of the molecule is COc1ccc(CCC(=O)N(CCN(C)C)Cc2nc[nH]c2C)cc1. The van der Waals surface area contributed by atoms with Crippen LogP contribution in [0.3, 0.4) is 0 Å². The molecule has 0 spiro atoms. The number of aromatic nitrogens is 2. The lowest BCUT2D eigenvalue weighted by Gasteiger charge is -2.24. The van der Waals surface area contributed by atoms with Gasteiger partial charge in [0.1, 0.15) is 5.75 Å². The summed E-state index contributed by atoms with van der Waals surface area (Å²) in [4.78, 5) is 24.1. The van der Waals surface area contributed by atoms with Gasteiger partial charge in [0.2, 0.25) is 5.91 Å². The van der Waals surface area contributed by atoms with Gasteiger partial charge in [0, 0.05) is 25.2 Å². The predicted molar refractivity (Wildman–Crippen MR) is 98.6 cm³/mol. The Morgan fingerprint density at radius 1 is 1.20 bits per heavy atom. The second-order valence-electron chi connectivity index (χ2n) is 6.44. The Morgan fingerprint density at radius 2 is 1.92 bits per heavy atom. The van der Waals surface area contributed by atoms with E-state index in [9.17, 15) is 4.79 Å². The number of amides is 1. The normalized spacial score (nSPS) is 10.9. The van der Waals surface area contributed by atoms with Gasteiger partial charge < -0.3 is 19.5 Å². The lowest BCUT2D eigenvalue weighted by atomic mass is 10.1. The predicted octanol–water partition coefficient (Wildman–Crippen LogP) is 2.25. The number of aryl methyl sites for hydroxylation is 2.